The molecule has 4 aliphatic rings. The highest BCUT2D eigenvalue weighted by molar-refractivity contribution is 7.92. The fourth-order valence-electron chi connectivity index (χ4n) is 6.93. The third-order valence-electron chi connectivity index (χ3n) is 9.47. The number of carbonyl (C=O) groups excluding carboxylic acids is 2. The van der Waals surface area contributed by atoms with Gasteiger partial charge < -0.3 is 15.4 Å². The van der Waals surface area contributed by atoms with Crippen LogP contribution in [-0.4, -0.2) is 56.5 Å². The molecule has 2 unspecified atom stereocenters. The maximum absolute atomic E-state index is 12.9. The summed E-state index contributed by atoms with van der Waals surface area (Å²) in [5.74, 6) is 1.72. The van der Waals surface area contributed by atoms with Crippen molar-refractivity contribution in [3.63, 3.8) is 0 Å². The molecule has 4 aliphatic carbocycles. The molecule has 0 bridgehead atoms. The molecule has 8 heteroatoms. The number of ether oxygens (including phenoxy) is 1. The van der Waals surface area contributed by atoms with Crippen LogP contribution in [0.3, 0.4) is 0 Å². The summed E-state index contributed by atoms with van der Waals surface area (Å²) in [6.45, 7) is 2.11. The van der Waals surface area contributed by atoms with E-state index in [2.05, 4.69) is 17.6 Å². The number of methoxy groups -OCH3 is 1. The van der Waals surface area contributed by atoms with Crippen LogP contribution in [0.25, 0.3) is 0 Å². The Morgan fingerprint density at radius 1 is 0.861 bits per heavy atom. The quantitative estimate of drug-likeness (QED) is 0.447. The predicted molar refractivity (Wildman–Crippen MR) is 141 cm³/mol. The fraction of sp³-hybridized carbons (Fsp3) is 0.929. The van der Waals surface area contributed by atoms with Crippen molar-refractivity contribution in [2.45, 2.75) is 127 Å². The van der Waals surface area contributed by atoms with Crippen molar-refractivity contribution in [2.75, 3.05) is 12.9 Å². The number of rotatable bonds is 10. The molecule has 0 aromatic carbocycles. The summed E-state index contributed by atoms with van der Waals surface area (Å²) in [6, 6.07) is 0.268. The second-order valence-electron chi connectivity index (χ2n) is 12.3. The number of hydrogen-bond acceptors (Lipinski definition) is 5. The molecule has 0 heterocycles. The number of nitrogens with one attached hydrogen (secondary N) is 2. The molecule has 0 spiro atoms. The molecule has 3 atom stereocenters. The van der Waals surface area contributed by atoms with E-state index in [1.807, 2.05) is 0 Å². The topological polar surface area (TPSA) is 102 Å². The van der Waals surface area contributed by atoms with Crippen LogP contribution in [0.15, 0.2) is 0 Å². The van der Waals surface area contributed by atoms with Gasteiger partial charge in [0.05, 0.1) is 17.1 Å². The lowest BCUT2D eigenvalue weighted by Gasteiger charge is -2.36. The Balaban J connectivity index is 1.13. The zero-order valence-electron chi connectivity index (χ0n) is 22.4. The van der Waals surface area contributed by atoms with Crippen molar-refractivity contribution in [1.29, 1.82) is 0 Å². The van der Waals surface area contributed by atoms with Crippen molar-refractivity contribution < 1.29 is 22.7 Å². The third kappa shape index (κ3) is 7.68. The van der Waals surface area contributed by atoms with E-state index in [4.69, 9.17) is 4.74 Å². The second-order valence-corrected chi connectivity index (χ2v) is 14.6. The van der Waals surface area contributed by atoms with Crippen molar-refractivity contribution in [3.8, 4) is 0 Å². The highest BCUT2D eigenvalue weighted by Crippen LogP contribution is 2.36. The van der Waals surface area contributed by atoms with Crippen LogP contribution in [0, 0.1) is 23.7 Å². The van der Waals surface area contributed by atoms with E-state index in [0.717, 1.165) is 64.2 Å². The molecule has 0 aromatic heterocycles. The van der Waals surface area contributed by atoms with Gasteiger partial charge in [0, 0.05) is 37.5 Å². The van der Waals surface area contributed by atoms with Gasteiger partial charge in [-0.3, -0.25) is 9.59 Å². The number of hydrogen-bond donors (Lipinski definition) is 2. The molecule has 0 radical (unpaired) electrons. The van der Waals surface area contributed by atoms with Gasteiger partial charge in [0.25, 0.3) is 0 Å². The molecule has 4 saturated carbocycles. The summed E-state index contributed by atoms with van der Waals surface area (Å²) < 4.78 is 30.8. The summed E-state index contributed by atoms with van der Waals surface area (Å²) in [5, 5.41) is 6.28. The summed E-state index contributed by atoms with van der Waals surface area (Å²) in [7, 11) is -1.19. The van der Waals surface area contributed by atoms with Crippen molar-refractivity contribution in [2.24, 2.45) is 23.7 Å². The van der Waals surface area contributed by atoms with E-state index in [9.17, 15) is 18.0 Å². The lowest BCUT2D eigenvalue weighted by molar-refractivity contribution is -0.127. The number of carbonyl (C=O) groups is 2. The SMILES string of the molecule is COC1CCCCC1[C@H](C)NC(=O)C1CCC(NC(=O)CC2CCC(S(=O)(=O)CC3CC3)CC2)CC1. The minimum atomic E-state index is -2.96. The van der Waals surface area contributed by atoms with Crippen LogP contribution in [-0.2, 0) is 24.2 Å². The van der Waals surface area contributed by atoms with Gasteiger partial charge in [0.2, 0.25) is 11.8 Å². The fourth-order valence-corrected chi connectivity index (χ4v) is 9.19. The van der Waals surface area contributed by atoms with Gasteiger partial charge in [0.1, 0.15) is 0 Å². The van der Waals surface area contributed by atoms with E-state index >= 15 is 0 Å². The normalized spacial score (nSPS) is 34.5. The van der Waals surface area contributed by atoms with E-state index < -0.39 is 9.84 Å². The number of sulfone groups is 1. The first-order chi connectivity index (χ1) is 17.2. The van der Waals surface area contributed by atoms with Gasteiger partial charge >= 0.3 is 0 Å². The molecule has 4 fully saturated rings. The van der Waals surface area contributed by atoms with E-state index in [1.54, 1.807) is 7.11 Å². The van der Waals surface area contributed by atoms with Gasteiger partial charge in [0.15, 0.2) is 9.84 Å². The zero-order chi connectivity index (χ0) is 25.7. The average molecular weight is 525 g/mol. The molecule has 0 saturated heterocycles. The molecule has 2 amide bonds. The monoisotopic (exact) mass is 524 g/mol. The standard InChI is InChI=1S/C28H48N2O5S/c1-19(25-5-3-4-6-26(25)35-2)29-28(32)22-11-13-23(14-12-22)30-27(31)17-20-9-15-24(16-10-20)36(33,34)18-21-7-8-21/h19-26H,3-18H2,1-2H3,(H,29,32)(H,30,31)/t19-,20?,22?,23?,24?,25?,26?/m0/s1. The maximum atomic E-state index is 12.9. The average Bonchev–Trinajstić information content (AvgIpc) is 3.68. The Labute approximate surface area is 218 Å². The highest BCUT2D eigenvalue weighted by atomic mass is 32.2. The first-order valence-electron chi connectivity index (χ1n) is 14.6. The van der Waals surface area contributed by atoms with Crippen molar-refractivity contribution in [3.05, 3.63) is 0 Å². The molecule has 2 N–H and O–H groups in total. The van der Waals surface area contributed by atoms with E-state index in [0.29, 0.717) is 36.9 Å². The summed E-state index contributed by atoms with van der Waals surface area (Å²) in [5.41, 5.74) is 0. The van der Waals surface area contributed by atoms with Crippen molar-refractivity contribution in [1.82, 2.24) is 10.6 Å². The van der Waals surface area contributed by atoms with E-state index in [1.165, 1.54) is 12.8 Å². The Morgan fingerprint density at radius 2 is 1.50 bits per heavy atom. The smallest absolute Gasteiger partial charge is 0.223 e. The van der Waals surface area contributed by atoms with Crippen molar-refractivity contribution >= 4 is 21.7 Å². The minimum Gasteiger partial charge on any atom is -0.381 e. The molecule has 36 heavy (non-hydrogen) atoms. The number of amides is 2. The molecular formula is C28H48N2O5S. The Morgan fingerprint density at radius 3 is 2.14 bits per heavy atom. The Bertz CT molecular complexity index is 842. The summed E-state index contributed by atoms with van der Waals surface area (Å²) in [4.78, 5) is 25.6. The highest BCUT2D eigenvalue weighted by Gasteiger charge is 2.37. The minimum absolute atomic E-state index is 0.0260. The van der Waals surface area contributed by atoms with Gasteiger partial charge in [-0.1, -0.05) is 12.8 Å². The zero-order valence-corrected chi connectivity index (χ0v) is 23.2. The largest absolute Gasteiger partial charge is 0.381 e. The molecule has 0 aromatic rings. The molecule has 4 rings (SSSR count). The van der Waals surface area contributed by atoms with Crippen LogP contribution < -0.4 is 10.6 Å². The molecule has 206 valence electrons. The van der Waals surface area contributed by atoms with Gasteiger partial charge in [-0.15, -0.1) is 0 Å². The summed E-state index contributed by atoms with van der Waals surface area (Å²) in [6.07, 6.45) is 13.8. The second kappa shape index (κ2) is 12.6. The lowest BCUT2D eigenvalue weighted by atomic mass is 9.81. The van der Waals surface area contributed by atoms with Crippen LogP contribution in [0.5, 0.6) is 0 Å². The van der Waals surface area contributed by atoms with Crippen LogP contribution >= 0.6 is 0 Å². The third-order valence-corrected chi connectivity index (χ3v) is 11.9. The molecular weight excluding hydrogens is 476 g/mol. The van der Waals surface area contributed by atoms with Crippen LogP contribution in [0.1, 0.15) is 103 Å². The lowest BCUT2D eigenvalue weighted by Crippen LogP contribution is -2.48. The summed E-state index contributed by atoms with van der Waals surface area (Å²) >= 11 is 0. The Kier molecular flexibility index (Phi) is 9.75. The maximum Gasteiger partial charge on any atom is 0.223 e. The van der Waals surface area contributed by atoms with Gasteiger partial charge in [-0.25, -0.2) is 8.42 Å². The first kappa shape index (κ1) is 27.9. The van der Waals surface area contributed by atoms with Crippen LogP contribution in [0.4, 0.5) is 0 Å². The van der Waals surface area contributed by atoms with E-state index in [-0.39, 0.29) is 47.1 Å². The molecule has 0 aliphatic heterocycles. The first-order valence-corrected chi connectivity index (χ1v) is 16.3. The van der Waals surface area contributed by atoms with Gasteiger partial charge in [-0.2, -0.15) is 0 Å². The Hall–Kier alpha value is -1.15. The van der Waals surface area contributed by atoms with Crippen LogP contribution in [0.2, 0.25) is 0 Å². The molecule has 7 nitrogen and oxygen atoms in total. The van der Waals surface area contributed by atoms with Gasteiger partial charge in [-0.05, 0) is 95.8 Å². The predicted octanol–water partition coefficient (Wildman–Crippen LogP) is 4.15.